The van der Waals surface area contributed by atoms with Gasteiger partial charge in [-0.05, 0) is 61.1 Å². The number of nitriles is 1. The Bertz CT molecular complexity index is 927. The summed E-state index contributed by atoms with van der Waals surface area (Å²) >= 11 is 0. The maximum atomic E-state index is 12.4. The van der Waals surface area contributed by atoms with E-state index in [1.807, 2.05) is 12.1 Å². The predicted octanol–water partition coefficient (Wildman–Crippen LogP) is 10.0. The average molecular weight is 472 g/mol. The minimum atomic E-state index is -0.0855. The maximum absolute atomic E-state index is 12.4. The Kier molecular flexibility index (Phi) is 11.1. The molecular formula is C33H45NO. The van der Waals surface area contributed by atoms with Gasteiger partial charge in [-0.15, -0.1) is 0 Å². The maximum Gasteiger partial charge on any atom is 0.162 e. The molecule has 1 aliphatic rings. The van der Waals surface area contributed by atoms with E-state index in [9.17, 15) is 10.1 Å². The Morgan fingerprint density at radius 1 is 0.800 bits per heavy atom. The molecule has 3 rings (SSSR count). The zero-order chi connectivity index (χ0) is 24.9. The fourth-order valence-corrected chi connectivity index (χ4v) is 5.64. The monoisotopic (exact) mass is 471 g/mol. The Morgan fingerprint density at radius 2 is 1.34 bits per heavy atom. The molecule has 2 nitrogen and oxygen atoms in total. The lowest BCUT2D eigenvalue weighted by Crippen LogP contribution is -2.25. The minimum Gasteiger partial charge on any atom is -0.294 e. The molecule has 1 saturated carbocycles. The molecule has 0 unspecified atom stereocenters. The lowest BCUT2D eigenvalue weighted by molar-refractivity contribution is 0.0979. The Labute approximate surface area is 214 Å². The molecule has 2 aromatic carbocycles. The fourth-order valence-electron chi connectivity index (χ4n) is 5.64. The summed E-state index contributed by atoms with van der Waals surface area (Å²) in [5.74, 6) is 0.827. The normalized spacial score (nSPS) is 19.9. The SMILES string of the molecule is CCCCCCCC1(C#N)CCC(c2ccc(-c3ccc(C(=O)CCCCCC)cc3)cc2)CC1. The van der Waals surface area contributed by atoms with Crippen molar-refractivity contribution in [2.24, 2.45) is 5.41 Å². The fraction of sp³-hybridized carbons (Fsp3) is 0.576. The lowest BCUT2D eigenvalue weighted by atomic mass is 9.67. The van der Waals surface area contributed by atoms with Crippen LogP contribution in [0, 0.1) is 16.7 Å². The topological polar surface area (TPSA) is 40.9 Å². The third kappa shape index (κ3) is 8.06. The van der Waals surface area contributed by atoms with E-state index in [1.54, 1.807) is 0 Å². The second-order valence-electron chi connectivity index (χ2n) is 10.8. The quantitative estimate of drug-likeness (QED) is 0.203. The first-order valence-corrected chi connectivity index (χ1v) is 14.3. The molecule has 0 spiro atoms. The van der Waals surface area contributed by atoms with Crippen LogP contribution in [0.5, 0.6) is 0 Å². The number of hydrogen-bond donors (Lipinski definition) is 0. The van der Waals surface area contributed by atoms with E-state index in [0.29, 0.717) is 12.3 Å². The van der Waals surface area contributed by atoms with Crippen molar-refractivity contribution in [3.8, 4) is 17.2 Å². The van der Waals surface area contributed by atoms with Crippen molar-refractivity contribution in [1.29, 1.82) is 5.26 Å². The van der Waals surface area contributed by atoms with Gasteiger partial charge in [0.25, 0.3) is 0 Å². The van der Waals surface area contributed by atoms with E-state index in [-0.39, 0.29) is 11.2 Å². The number of hydrogen-bond acceptors (Lipinski definition) is 2. The summed E-state index contributed by atoms with van der Waals surface area (Å²) in [5.41, 5.74) is 4.51. The van der Waals surface area contributed by atoms with Crippen LogP contribution < -0.4 is 0 Å². The number of nitrogens with zero attached hydrogens (tertiary/aromatic N) is 1. The van der Waals surface area contributed by atoms with Gasteiger partial charge in [0, 0.05) is 12.0 Å². The molecule has 1 aliphatic carbocycles. The predicted molar refractivity (Wildman–Crippen MR) is 148 cm³/mol. The van der Waals surface area contributed by atoms with Gasteiger partial charge >= 0.3 is 0 Å². The zero-order valence-electron chi connectivity index (χ0n) is 22.2. The highest BCUT2D eigenvalue weighted by Gasteiger charge is 2.35. The Balaban J connectivity index is 1.51. The minimum absolute atomic E-state index is 0.0855. The number of benzene rings is 2. The summed E-state index contributed by atoms with van der Waals surface area (Å²) in [6.07, 6.45) is 17.0. The highest BCUT2D eigenvalue weighted by atomic mass is 16.1. The third-order valence-electron chi connectivity index (χ3n) is 8.12. The molecule has 2 heteroatoms. The molecule has 0 radical (unpaired) electrons. The van der Waals surface area contributed by atoms with E-state index in [1.165, 1.54) is 56.1 Å². The van der Waals surface area contributed by atoms with Gasteiger partial charge in [-0.3, -0.25) is 4.79 Å². The van der Waals surface area contributed by atoms with Crippen molar-refractivity contribution in [2.45, 2.75) is 116 Å². The van der Waals surface area contributed by atoms with Crippen LogP contribution in [0.4, 0.5) is 0 Å². The van der Waals surface area contributed by atoms with Crippen molar-refractivity contribution >= 4 is 5.78 Å². The van der Waals surface area contributed by atoms with Crippen molar-refractivity contribution in [3.05, 3.63) is 59.7 Å². The first-order chi connectivity index (χ1) is 17.1. The molecule has 2 aromatic rings. The molecule has 0 saturated heterocycles. The van der Waals surface area contributed by atoms with Gasteiger partial charge in [0.05, 0.1) is 11.5 Å². The average Bonchev–Trinajstić information content (AvgIpc) is 2.91. The summed E-state index contributed by atoms with van der Waals surface area (Å²) < 4.78 is 0. The molecule has 0 atom stereocenters. The smallest absolute Gasteiger partial charge is 0.162 e. The van der Waals surface area contributed by atoms with Crippen LogP contribution in [0.2, 0.25) is 0 Å². The molecule has 0 heterocycles. The first kappa shape index (κ1) is 27.2. The van der Waals surface area contributed by atoms with E-state index in [0.717, 1.165) is 56.1 Å². The van der Waals surface area contributed by atoms with Crippen LogP contribution in [0.25, 0.3) is 11.1 Å². The standard InChI is InChI=1S/C33H45NO/c1-3-5-7-9-11-23-33(26-34)24-21-30(22-25-33)29-15-13-27(14-16-29)28-17-19-31(20-18-28)32(35)12-10-8-6-4-2/h13-20,30H,3-12,21-25H2,1-2H3. The highest BCUT2D eigenvalue weighted by molar-refractivity contribution is 5.96. The van der Waals surface area contributed by atoms with Crippen molar-refractivity contribution in [3.63, 3.8) is 0 Å². The van der Waals surface area contributed by atoms with Gasteiger partial charge in [0.15, 0.2) is 5.78 Å². The number of Topliss-reactive ketones (excluding diaryl/α,β-unsaturated/α-hetero) is 1. The van der Waals surface area contributed by atoms with E-state index in [2.05, 4.69) is 56.3 Å². The second-order valence-corrected chi connectivity index (χ2v) is 10.8. The summed E-state index contributed by atoms with van der Waals surface area (Å²) in [5, 5.41) is 9.91. The second kappa shape index (κ2) is 14.2. The highest BCUT2D eigenvalue weighted by Crippen LogP contribution is 2.45. The largest absolute Gasteiger partial charge is 0.294 e. The van der Waals surface area contributed by atoms with E-state index in [4.69, 9.17) is 0 Å². The molecule has 1 fully saturated rings. The Morgan fingerprint density at radius 3 is 1.91 bits per heavy atom. The van der Waals surface area contributed by atoms with Crippen molar-refractivity contribution < 1.29 is 4.79 Å². The number of rotatable bonds is 14. The first-order valence-electron chi connectivity index (χ1n) is 14.3. The van der Waals surface area contributed by atoms with E-state index < -0.39 is 0 Å². The van der Waals surface area contributed by atoms with Crippen LogP contribution in [0.3, 0.4) is 0 Å². The molecule has 0 aliphatic heterocycles. The van der Waals surface area contributed by atoms with Crippen LogP contribution in [-0.2, 0) is 0 Å². The summed E-state index contributed by atoms with van der Waals surface area (Å²) in [6, 6.07) is 19.8. The van der Waals surface area contributed by atoms with E-state index >= 15 is 0 Å². The summed E-state index contributed by atoms with van der Waals surface area (Å²) in [6.45, 7) is 4.44. The molecular weight excluding hydrogens is 426 g/mol. The van der Waals surface area contributed by atoms with Crippen LogP contribution in [0.15, 0.2) is 48.5 Å². The Hall–Kier alpha value is -2.40. The lowest BCUT2D eigenvalue weighted by Gasteiger charge is -2.35. The van der Waals surface area contributed by atoms with Gasteiger partial charge in [-0.25, -0.2) is 0 Å². The summed E-state index contributed by atoms with van der Waals surface area (Å²) in [4.78, 5) is 12.4. The van der Waals surface area contributed by atoms with Gasteiger partial charge < -0.3 is 0 Å². The number of carbonyl (C=O) groups excluding carboxylic acids is 1. The summed E-state index contributed by atoms with van der Waals surface area (Å²) in [7, 11) is 0. The molecule has 188 valence electrons. The third-order valence-corrected chi connectivity index (χ3v) is 8.12. The van der Waals surface area contributed by atoms with Crippen LogP contribution in [0.1, 0.15) is 132 Å². The zero-order valence-corrected chi connectivity index (χ0v) is 22.2. The van der Waals surface area contributed by atoms with Crippen molar-refractivity contribution in [2.75, 3.05) is 0 Å². The van der Waals surface area contributed by atoms with Gasteiger partial charge in [-0.1, -0.05) is 114 Å². The molecule has 0 amide bonds. The van der Waals surface area contributed by atoms with Gasteiger partial charge in [-0.2, -0.15) is 5.26 Å². The number of unbranched alkanes of at least 4 members (excludes halogenated alkanes) is 7. The van der Waals surface area contributed by atoms with Crippen molar-refractivity contribution in [1.82, 2.24) is 0 Å². The molecule has 35 heavy (non-hydrogen) atoms. The number of carbonyl (C=O) groups is 1. The number of ketones is 1. The molecule has 0 aromatic heterocycles. The molecule has 0 bridgehead atoms. The van der Waals surface area contributed by atoms with Crippen LogP contribution in [-0.4, -0.2) is 5.78 Å². The van der Waals surface area contributed by atoms with Gasteiger partial charge in [0.1, 0.15) is 0 Å². The van der Waals surface area contributed by atoms with Crippen LogP contribution >= 0.6 is 0 Å². The van der Waals surface area contributed by atoms with Gasteiger partial charge in [0.2, 0.25) is 0 Å². The molecule has 0 N–H and O–H groups in total.